The predicted molar refractivity (Wildman–Crippen MR) is 133 cm³/mol. The van der Waals surface area contributed by atoms with Gasteiger partial charge in [0.15, 0.2) is 0 Å². The summed E-state index contributed by atoms with van der Waals surface area (Å²) in [5.74, 6) is -2.70. The number of carbonyl (C=O) groups is 6. The van der Waals surface area contributed by atoms with Crippen molar-refractivity contribution in [1.29, 1.82) is 0 Å². The van der Waals surface area contributed by atoms with Gasteiger partial charge in [-0.05, 0) is 64.2 Å². The molecule has 0 aromatic heterocycles. The van der Waals surface area contributed by atoms with E-state index in [1.807, 2.05) is 6.92 Å². The molecular formula is C26H39N5O6. The molecule has 2 bridgehead atoms. The molecule has 0 aromatic carbocycles. The van der Waals surface area contributed by atoms with Gasteiger partial charge in [0.1, 0.15) is 12.1 Å². The molecule has 37 heavy (non-hydrogen) atoms. The Morgan fingerprint density at radius 2 is 1.76 bits per heavy atom. The van der Waals surface area contributed by atoms with Gasteiger partial charge in [-0.15, -0.1) is 0 Å². The molecule has 0 unspecified atom stereocenters. The summed E-state index contributed by atoms with van der Waals surface area (Å²) in [6.07, 6.45) is 5.69. The first-order valence-electron chi connectivity index (χ1n) is 13.5. The van der Waals surface area contributed by atoms with Crippen LogP contribution in [0, 0.1) is 17.3 Å². The summed E-state index contributed by atoms with van der Waals surface area (Å²) in [6.45, 7) is 3.96. The summed E-state index contributed by atoms with van der Waals surface area (Å²) >= 11 is 0. The Morgan fingerprint density at radius 1 is 1.08 bits per heavy atom. The average Bonchev–Trinajstić information content (AvgIpc) is 3.52. The zero-order valence-electron chi connectivity index (χ0n) is 21.9. The van der Waals surface area contributed by atoms with E-state index in [0.29, 0.717) is 31.7 Å². The molecule has 1 heterocycles. The number of likely N-dealkylation sites (N-methyl/N-ethyl adjacent to an activating group) is 1. The molecule has 0 radical (unpaired) electrons. The second-order valence-corrected chi connectivity index (χ2v) is 11.4. The SMILES string of the molecule is CCC[C@@H](C(=O)N[C@@H](C[C@@H]1CCNC1=O)C(=O)C(=O)NC1CC1)N(C)C(=O)[C@@H](C)NC(=O)C12CC(C1)C2. The number of rotatable bonds is 13. The molecule has 1 saturated heterocycles. The lowest BCUT2D eigenvalue weighted by atomic mass is 9.44. The first-order valence-corrected chi connectivity index (χ1v) is 13.5. The highest BCUT2D eigenvalue weighted by atomic mass is 16.2. The Kier molecular flexibility index (Phi) is 7.89. The number of nitrogens with zero attached hydrogens (tertiary/aromatic N) is 1. The molecule has 5 fully saturated rings. The molecule has 4 N–H and O–H groups in total. The Hall–Kier alpha value is -2.98. The average molecular weight is 518 g/mol. The predicted octanol–water partition coefficient (Wildman–Crippen LogP) is -0.223. The minimum atomic E-state index is -1.18. The summed E-state index contributed by atoms with van der Waals surface area (Å²) in [6, 6.07) is -2.90. The van der Waals surface area contributed by atoms with Gasteiger partial charge in [-0.25, -0.2) is 0 Å². The van der Waals surface area contributed by atoms with Gasteiger partial charge in [0, 0.05) is 31.0 Å². The molecule has 5 rings (SSSR count). The minimum absolute atomic E-state index is 0.0144. The summed E-state index contributed by atoms with van der Waals surface area (Å²) in [4.78, 5) is 78.2. The van der Waals surface area contributed by atoms with Crippen molar-refractivity contribution >= 4 is 35.3 Å². The van der Waals surface area contributed by atoms with Crippen LogP contribution in [0.4, 0.5) is 0 Å². The third kappa shape index (κ3) is 5.80. The van der Waals surface area contributed by atoms with Gasteiger partial charge < -0.3 is 26.2 Å². The highest BCUT2D eigenvalue weighted by Gasteiger charge is 2.61. The third-order valence-corrected chi connectivity index (χ3v) is 8.37. The van der Waals surface area contributed by atoms with Crippen molar-refractivity contribution in [2.24, 2.45) is 17.3 Å². The van der Waals surface area contributed by atoms with Crippen LogP contribution in [0.2, 0.25) is 0 Å². The van der Waals surface area contributed by atoms with Gasteiger partial charge >= 0.3 is 0 Å². The van der Waals surface area contributed by atoms with Crippen LogP contribution in [0.15, 0.2) is 0 Å². The normalized spacial score (nSPS) is 27.9. The molecule has 0 spiro atoms. The second kappa shape index (κ2) is 10.8. The Labute approximate surface area is 217 Å². The molecule has 1 aliphatic heterocycles. The van der Waals surface area contributed by atoms with Crippen LogP contribution in [0.5, 0.6) is 0 Å². The van der Waals surface area contributed by atoms with Crippen molar-refractivity contribution in [3.63, 3.8) is 0 Å². The van der Waals surface area contributed by atoms with E-state index in [1.165, 1.54) is 11.9 Å². The van der Waals surface area contributed by atoms with Gasteiger partial charge in [0.05, 0.1) is 6.04 Å². The number of amides is 5. The molecule has 11 heteroatoms. The molecule has 5 amide bonds. The first kappa shape index (κ1) is 27.1. The van der Waals surface area contributed by atoms with E-state index in [-0.39, 0.29) is 29.7 Å². The fourth-order valence-corrected chi connectivity index (χ4v) is 5.70. The van der Waals surface area contributed by atoms with Crippen LogP contribution in [0.3, 0.4) is 0 Å². The lowest BCUT2D eigenvalue weighted by Gasteiger charge is -2.60. The molecule has 0 aromatic rings. The van der Waals surface area contributed by atoms with Crippen LogP contribution in [-0.2, 0) is 28.8 Å². The highest BCUT2D eigenvalue weighted by Crippen LogP contribution is 2.64. The van der Waals surface area contributed by atoms with E-state index < -0.39 is 47.5 Å². The van der Waals surface area contributed by atoms with Crippen LogP contribution >= 0.6 is 0 Å². The smallest absolute Gasteiger partial charge is 0.289 e. The van der Waals surface area contributed by atoms with Crippen molar-refractivity contribution in [3.05, 3.63) is 0 Å². The monoisotopic (exact) mass is 517 g/mol. The number of carbonyl (C=O) groups excluding carboxylic acids is 6. The third-order valence-electron chi connectivity index (χ3n) is 8.37. The Bertz CT molecular complexity index is 961. The lowest BCUT2D eigenvalue weighted by molar-refractivity contribution is -0.166. The van der Waals surface area contributed by atoms with Crippen molar-refractivity contribution in [1.82, 2.24) is 26.2 Å². The summed E-state index contributed by atoms with van der Waals surface area (Å²) < 4.78 is 0. The van der Waals surface area contributed by atoms with Crippen LogP contribution in [0.1, 0.15) is 71.6 Å². The summed E-state index contributed by atoms with van der Waals surface area (Å²) in [5.41, 5.74) is -0.320. The van der Waals surface area contributed by atoms with Crippen molar-refractivity contribution < 1.29 is 28.8 Å². The fourth-order valence-electron chi connectivity index (χ4n) is 5.70. The lowest BCUT2D eigenvalue weighted by Crippen LogP contribution is -2.63. The fraction of sp³-hybridized carbons (Fsp3) is 0.769. The summed E-state index contributed by atoms with van der Waals surface area (Å²) in [5, 5.41) is 10.9. The van der Waals surface area contributed by atoms with E-state index in [2.05, 4.69) is 21.3 Å². The maximum atomic E-state index is 13.4. The maximum Gasteiger partial charge on any atom is 0.289 e. The van der Waals surface area contributed by atoms with E-state index >= 15 is 0 Å². The topological polar surface area (TPSA) is 154 Å². The molecule has 4 saturated carbocycles. The van der Waals surface area contributed by atoms with Crippen LogP contribution in [-0.4, -0.2) is 78.0 Å². The molecule has 204 valence electrons. The van der Waals surface area contributed by atoms with Crippen LogP contribution in [0.25, 0.3) is 0 Å². The van der Waals surface area contributed by atoms with Crippen LogP contribution < -0.4 is 21.3 Å². The number of ketones is 1. The zero-order valence-corrected chi connectivity index (χ0v) is 21.9. The largest absolute Gasteiger partial charge is 0.356 e. The molecule has 5 aliphatic rings. The maximum absolute atomic E-state index is 13.4. The molecule has 4 aliphatic carbocycles. The number of hydrogen-bond donors (Lipinski definition) is 4. The van der Waals surface area contributed by atoms with Gasteiger partial charge in [-0.3, -0.25) is 28.8 Å². The van der Waals surface area contributed by atoms with E-state index in [4.69, 9.17) is 0 Å². The van der Waals surface area contributed by atoms with Gasteiger partial charge in [0.25, 0.3) is 5.91 Å². The van der Waals surface area contributed by atoms with Crippen molar-refractivity contribution in [2.45, 2.75) is 95.8 Å². The Morgan fingerprint density at radius 3 is 2.27 bits per heavy atom. The highest BCUT2D eigenvalue weighted by molar-refractivity contribution is 6.38. The molecule has 4 atom stereocenters. The standard InChI is InChI=1S/C26H39N5O6/c1-4-5-19(31(3)24(36)14(2)28-25(37)26-11-15(12-26)13-26)22(34)30-18(10-16-8-9-27-21(16)33)20(32)23(35)29-17-6-7-17/h14-19H,4-13H2,1-3H3,(H,27,33)(H,28,37)(H,29,35)(H,30,34)/t14-,15?,16+,18+,19+,26?/m1/s1. The number of hydrogen-bond acceptors (Lipinski definition) is 6. The minimum Gasteiger partial charge on any atom is -0.356 e. The number of nitrogens with one attached hydrogen (secondary N) is 4. The quantitative estimate of drug-likeness (QED) is 0.248. The van der Waals surface area contributed by atoms with E-state index in [9.17, 15) is 28.8 Å². The summed E-state index contributed by atoms with van der Waals surface area (Å²) in [7, 11) is 1.51. The van der Waals surface area contributed by atoms with E-state index in [0.717, 1.165) is 32.1 Å². The van der Waals surface area contributed by atoms with E-state index in [1.54, 1.807) is 6.92 Å². The van der Waals surface area contributed by atoms with Gasteiger partial charge in [-0.1, -0.05) is 13.3 Å². The molecule has 11 nitrogen and oxygen atoms in total. The molecular weight excluding hydrogens is 478 g/mol. The van der Waals surface area contributed by atoms with Crippen molar-refractivity contribution in [2.75, 3.05) is 13.6 Å². The van der Waals surface area contributed by atoms with Gasteiger partial charge in [0.2, 0.25) is 29.4 Å². The first-order chi connectivity index (χ1) is 17.5. The van der Waals surface area contributed by atoms with Gasteiger partial charge in [-0.2, -0.15) is 0 Å². The zero-order chi connectivity index (χ0) is 26.9. The second-order valence-electron chi connectivity index (χ2n) is 11.4. The number of Topliss-reactive ketones (excluding diaryl/α,β-unsaturated/α-hetero) is 1. The van der Waals surface area contributed by atoms with Crippen molar-refractivity contribution in [3.8, 4) is 0 Å². The Balaban J connectivity index is 1.41.